The van der Waals surface area contributed by atoms with Gasteiger partial charge in [0.1, 0.15) is 11.6 Å². The molecule has 2 heterocycles. The normalized spacial score (nSPS) is 23.8. The van der Waals surface area contributed by atoms with Crippen molar-refractivity contribution in [2.24, 2.45) is 16.6 Å². The second kappa shape index (κ2) is 7.70. The van der Waals surface area contributed by atoms with E-state index in [1.54, 1.807) is 0 Å². The Balaban J connectivity index is 1.69. The molecule has 152 valence electrons. The number of pyridine rings is 1. The molecule has 5 nitrogen and oxygen atoms in total. The van der Waals surface area contributed by atoms with Crippen molar-refractivity contribution in [3.8, 4) is 0 Å². The summed E-state index contributed by atoms with van der Waals surface area (Å²) in [6.07, 6.45) is 4.30. The van der Waals surface area contributed by atoms with E-state index in [4.69, 9.17) is 5.73 Å². The van der Waals surface area contributed by atoms with Crippen molar-refractivity contribution in [3.05, 3.63) is 59.2 Å². The fourth-order valence-electron chi connectivity index (χ4n) is 4.13. The van der Waals surface area contributed by atoms with Gasteiger partial charge in [-0.15, -0.1) is 0 Å². The van der Waals surface area contributed by atoms with Gasteiger partial charge in [0, 0.05) is 23.1 Å². The SMILES string of the molecule is NC1=NC2(c3cc(NC(=O)c4ncc(F)cc4F)ccc3F)CCCCC2CS1. The number of thioether (sulfide) groups is 1. The number of anilines is 1. The molecule has 2 unspecified atom stereocenters. The van der Waals surface area contributed by atoms with Gasteiger partial charge in [0.15, 0.2) is 16.7 Å². The van der Waals surface area contributed by atoms with Gasteiger partial charge in [-0.05, 0) is 37.0 Å². The van der Waals surface area contributed by atoms with E-state index >= 15 is 0 Å². The molecule has 1 saturated carbocycles. The number of hydrogen-bond acceptors (Lipinski definition) is 5. The number of nitrogens with one attached hydrogen (secondary N) is 1. The maximum Gasteiger partial charge on any atom is 0.277 e. The summed E-state index contributed by atoms with van der Waals surface area (Å²) in [5.41, 5.74) is 5.32. The average Bonchev–Trinajstić information content (AvgIpc) is 2.69. The van der Waals surface area contributed by atoms with Crippen molar-refractivity contribution in [3.63, 3.8) is 0 Å². The Morgan fingerprint density at radius 2 is 2.03 bits per heavy atom. The molecule has 3 N–H and O–H groups in total. The number of aliphatic imine (C=N–C) groups is 1. The van der Waals surface area contributed by atoms with E-state index in [2.05, 4.69) is 15.3 Å². The van der Waals surface area contributed by atoms with Crippen LogP contribution in [0.15, 0.2) is 35.5 Å². The molecule has 0 radical (unpaired) electrons. The summed E-state index contributed by atoms with van der Waals surface area (Å²) in [6, 6.07) is 4.76. The van der Waals surface area contributed by atoms with E-state index in [1.807, 2.05) is 0 Å². The van der Waals surface area contributed by atoms with Crippen LogP contribution in [0.1, 0.15) is 41.7 Å². The lowest BCUT2D eigenvalue weighted by atomic mass is 9.69. The van der Waals surface area contributed by atoms with Crippen LogP contribution in [0, 0.1) is 23.4 Å². The number of amides is 1. The largest absolute Gasteiger partial charge is 0.379 e. The fraction of sp³-hybridized carbons (Fsp3) is 0.350. The summed E-state index contributed by atoms with van der Waals surface area (Å²) in [7, 11) is 0. The zero-order valence-electron chi connectivity index (χ0n) is 15.4. The number of rotatable bonds is 3. The number of amidine groups is 1. The minimum Gasteiger partial charge on any atom is -0.379 e. The van der Waals surface area contributed by atoms with Gasteiger partial charge in [0.05, 0.1) is 11.7 Å². The van der Waals surface area contributed by atoms with E-state index in [0.29, 0.717) is 23.2 Å². The van der Waals surface area contributed by atoms with E-state index in [9.17, 15) is 18.0 Å². The molecule has 0 spiro atoms. The van der Waals surface area contributed by atoms with E-state index in [-0.39, 0.29) is 11.6 Å². The predicted molar refractivity (Wildman–Crippen MR) is 106 cm³/mol. The third-order valence-electron chi connectivity index (χ3n) is 5.49. The predicted octanol–water partition coefficient (Wildman–Crippen LogP) is 4.20. The third-order valence-corrected chi connectivity index (χ3v) is 6.45. The Bertz CT molecular complexity index is 1000. The highest BCUT2D eigenvalue weighted by Crippen LogP contribution is 2.50. The number of fused-ring (bicyclic) bond motifs is 1. The molecule has 2 atom stereocenters. The monoisotopic (exact) mass is 420 g/mol. The number of nitrogens with zero attached hydrogens (tertiary/aromatic N) is 2. The highest BCUT2D eigenvalue weighted by Gasteiger charge is 2.46. The van der Waals surface area contributed by atoms with E-state index < -0.39 is 34.6 Å². The molecule has 1 aromatic carbocycles. The van der Waals surface area contributed by atoms with Crippen molar-refractivity contribution in [2.75, 3.05) is 11.1 Å². The Kier molecular flexibility index (Phi) is 5.24. The molecule has 1 aliphatic carbocycles. The van der Waals surface area contributed by atoms with Gasteiger partial charge in [0.25, 0.3) is 5.91 Å². The second-order valence-corrected chi connectivity index (χ2v) is 8.30. The molecule has 29 heavy (non-hydrogen) atoms. The first-order valence-corrected chi connectivity index (χ1v) is 10.3. The van der Waals surface area contributed by atoms with Gasteiger partial charge in [-0.25, -0.2) is 18.2 Å². The lowest BCUT2D eigenvalue weighted by Crippen LogP contribution is -2.43. The molecule has 4 rings (SSSR count). The van der Waals surface area contributed by atoms with Crippen molar-refractivity contribution in [1.29, 1.82) is 0 Å². The van der Waals surface area contributed by atoms with Gasteiger partial charge in [-0.2, -0.15) is 0 Å². The molecule has 1 amide bonds. The average molecular weight is 420 g/mol. The van der Waals surface area contributed by atoms with E-state index in [1.165, 1.54) is 30.0 Å². The van der Waals surface area contributed by atoms with Crippen LogP contribution in [0.4, 0.5) is 18.9 Å². The lowest BCUT2D eigenvalue weighted by Gasteiger charge is -2.44. The smallest absolute Gasteiger partial charge is 0.277 e. The van der Waals surface area contributed by atoms with Gasteiger partial charge >= 0.3 is 0 Å². The Morgan fingerprint density at radius 3 is 2.83 bits per heavy atom. The fourth-order valence-corrected chi connectivity index (χ4v) is 5.17. The molecule has 2 aliphatic rings. The zero-order valence-corrected chi connectivity index (χ0v) is 16.2. The Labute approximate surface area is 170 Å². The molecule has 1 fully saturated rings. The number of aromatic nitrogens is 1. The maximum absolute atomic E-state index is 14.9. The van der Waals surface area contributed by atoms with Crippen molar-refractivity contribution in [2.45, 2.75) is 31.2 Å². The van der Waals surface area contributed by atoms with Gasteiger partial charge in [-0.3, -0.25) is 9.79 Å². The van der Waals surface area contributed by atoms with Crippen LogP contribution in [0.25, 0.3) is 0 Å². The summed E-state index contributed by atoms with van der Waals surface area (Å²) < 4.78 is 41.7. The zero-order chi connectivity index (χ0) is 20.6. The third kappa shape index (κ3) is 3.71. The number of halogens is 3. The van der Waals surface area contributed by atoms with E-state index in [0.717, 1.165) is 31.2 Å². The van der Waals surface area contributed by atoms with Crippen LogP contribution in [0.5, 0.6) is 0 Å². The first-order valence-electron chi connectivity index (χ1n) is 9.29. The molecule has 9 heteroatoms. The number of hydrogen-bond donors (Lipinski definition) is 2. The van der Waals surface area contributed by atoms with Crippen LogP contribution in [0.3, 0.4) is 0 Å². The number of nitrogens with two attached hydrogens (primary N) is 1. The maximum atomic E-state index is 14.9. The molecule has 2 aromatic rings. The van der Waals surface area contributed by atoms with Crippen molar-refractivity contribution < 1.29 is 18.0 Å². The summed E-state index contributed by atoms with van der Waals surface area (Å²) >= 11 is 1.47. The quantitative estimate of drug-likeness (QED) is 0.780. The van der Waals surface area contributed by atoms with Crippen LogP contribution in [0.2, 0.25) is 0 Å². The first kappa shape index (κ1) is 19.8. The van der Waals surface area contributed by atoms with Crippen molar-refractivity contribution >= 4 is 28.5 Å². The molecule has 0 bridgehead atoms. The van der Waals surface area contributed by atoms with Gasteiger partial charge in [-0.1, -0.05) is 24.6 Å². The summed E-state index contributed by atoms with van der Waals surface area (Å²) in [5, 5.41) is 2.94. The lowest BCUT2D eigenvalue weighted by molar-refractivity contribution is 0.101. The first-order chi connectivity index (χ1) is 13.9. The van der Waals surface area contributed by atoms with Gasteiger partial charge < -0.3 is 11.1 Å². The molecule has 1 aromatic heterocycles. The van der Waals surface area contributed by atoms with Crippen molar-refractivity contribution in [1.82, 2.24) is 4.98 Å². The topological polar surface area (TPSA) is 80.4 Å². The number of carbonyl (C=O) groups excluding carboxylic acids is 1. The van der Waals surface area contributed by atoms with Crippen LogP contribution in [-0.4, -0.2) is 21.8 Å². The minimum atomic E-state index is -1.07. The Hall–Kier alpha value is -2.55. The standard InChI is InChI=1S/C20H19F3N4OS/c21-12-7-16(23)17(25-9-12)18(28)26-13-4-5-15(22)14(8-13)20-6-2-1-3-11(20)10-29-19(24)27-20/h4-5,7-9,11H,1-3,6,10H2,(H2,24,27)(H,26,28). The van der Waals surface area contributed by atoms with Gasteiger partial charge in [0.2, 0.25) is 0 Å². The molecule has 1 aliphatic heterocycles. The molecule has 0 saturated heterocycles. The highest BCUT2D eigenvalue weighted by molar-refractivity contribution is 8.13. The Morgan fingerprint density at radius 1 is 1.21 bits per heavy atom. The number of carbonyl (C=O) groups is 1. The minimum absolute atomic E-state index is 0.144. The van der Waals surface area contributed by atoms with Crippen LogP contribution < -0.4 is 11.1 Å². The molecular formula is C20H19F3N4OS. The summed E-state index contributed by atoms with van der Waals surface area (Å²) in [5.74, 6) is -2.32. The summed E-state index contributed by atoms with van der Waals surface area (Å²) in [4.78, 5) is 20.5. The van der Waals surface area contributed by atoms with Crippen LogP contribution >= 0.6 is 11.8 Å². The second-order valence-electron chi connectivity index (χ2n) is 7.26. The number of benzene rings is 1. The highest BCUT2D eigenvalue weighted by atomic mass is 32.2. The molecular weight excluding hydrogens is 401 g/mol. The van der Waals surface area contributed by atoms with Crippen LogP contribution in [-0.2, 0) is 5.54 Å². The summed E-state index contributed by atoms with van der Waals surface area (Å²) in [6.45, 7) is 0.